The highest BCUT2D eigenvalue weighted by Crippen LogP contribution is 2.20. The number of rotatable bonds is 5. The zero-order valence-electron chi connectivity index (χ0n) is 14.2. The summed E-state index contributed by atoms with van der Waals surface area (Å²) >= 11 is 6.05. The number of hydrogen-bond acceptors (Lipinski definition) is 3. The molecular formula is C20H18ClN3O2. The zero-order valence-corrected chi connectivity index (χ0v) is 15.0. The van der Waals surface area contributed by atoms with Crippen molar-refractivity contribution in [3.8, 4) is 11.6 Å². The van der Waals surface area contributed by atoms with Gasteiger partial charge in [0, 0.05) is 29.5 Å². The molecule has 0 unspecified atom stereocenters. The Hall–Kier alpha value is -3.05. The SMILES string of the molecule is Cc1ccc(NC(=O)NCc2ccc(Oc3ccccc3)nc2)cc1Cl. The molecule has 3 rings (SSSR count). The third kappa shape index (κ3) is 4.97. The van der Waals surface area contributed by atoms with Crippen LogP contribution >= 0.6 is 11.6 Å². The predicted octanol–water partition coefficient (Wildman–Crippen LogP) is 5.16. The predicted molar refractivity (Wildman–Crippen MR) is 103 cm³/mol. The van der Waals surface area contributed by atoms with Crippen LogP contribution in [0.5, 0.6) is 11.6 Å². The number of hydrogen-bond donors (Lipinski definition) is 2. The second kappa shape index (κ2) is 8.36. The molecule has 132 valence electrons. The molecule has 0 saturated heterocycles. The van der Waals surface area contributed by atoms with Crippen molar-refractivity contribution in [1.29, 1.82) is 0 Å². The molecule has 0 fully saturated rings. The van der Waals surface area contributed by atoms with E-state index in [-0.39, 0.29) is 6.03 Å². The summed E-state index contributed by atoms with van der Waals surface area (Å²) in [6.45, 7) is 2.26. The van der Waals surface area contributed by atoms with Crippen LogP contribution in [0.4, 0.5) is 10.5 Å². The van der Waals surface area contributed by atoms with Gasteiger partial charge in [0.1, 0.15) is 5.75 Å². The monoisotopic (exact) mass is 367 g/mol. The highest BCUT2D eigenvalue weighted by atomic mass is 35.5. The van der Waals surface area contributed by atoms with Gasteiger partial charge >= 0.3 is 6.03 Å². The van der Waals surface area contributed by atoms with Crippen molar-refractivity contribution >= 4 is 23.3 Å². The third-order valence-corrected chi connectivity index (χ3v) is 4.05. The minimum Gasteiger partial charge on any atom is -0.439 e. The van der Waals surface area contributed by atoms with Crippen LogP contribution < -0.4 is 15.4 Å². The lowest BCUT2D eigenvalue weighted by Gasteiger charge is -2.09. The Morgan fingerprint density at radius 3 is 2.62 bits per heavy atom. The molecule has 0 aliphatic heterocycles. The van der Waals surface area contributed by atoms with Crippen molar-refractivity contribution in [2.75, 3.05) is 5.32 Å². The van der Waals surface area contributed by atoms with Crippen LogP contribution in [0, 0.1) is 6.92 Å². The summed E-state index contributed by atoms with van der Waals surface area (Å²) in [6, 6.07) is 18.1. The van der Waals surface area contributed by atoms with Crippen LogP contribution in [0.3, 0.4) is 0 Å². The van der Waals surface area contributed by atoms with Crippen molar-refractivity contribution in [2.45, 2.75) is 13.5 Å². The van der Waals surface area contributed by atoms with Crippen molar-refractivity contribution in [3.63, 3.8) is 0 Å². The van der Waals surface area contributed by atoms with E-state index in [0.29, 0.717) is 23.1 Å². The molecule has 6 heteroatoms. The van der Waals surface area contributed by atoms with Gasteiger partial charge in [-0.05, 0) is 42.3 Å². The summed E-state index contributed by atoms with van der Waals surface area (Å²) in [7, 11) is 0. The topological polar surface area (TPSA) is 63.2 Å². The van der Waals surface area contributed by atoms with Crippen LogP contribution in [0.1, 0.15) is 11.1 Å². The van der Waals surface area contributed by atoms with Gasteiger partial charge in [0.25, 0.3) is 0 Å². The van der Waals surface area contributed by atoms with Crippen molar-refractivity contribution in [2.24, 2.45) is 0 Å². The van der Waals surface area contributed by atoms with Gasteiger partial charge in [-0.1, -0.05) is 41.9 Å². The molecule has 0 saturated carbocycles. The van der Waals surface area contributed by atoms with Crippen molar-refractivity contribution < 1.29 is 9.53 Å². The first-order chi connectivity index (χ1) is 12.6. The standard InChI is InChI=1S/C20H18ClN3O2/c1-14-7-9-16(11-18(14)21)24-20(25)23-13-15-8-10-19(22-12-15)26-17-5-3-2-4-6-17/h2-12H,13H2,1H3,(H2,23,24,25). The van der Waals surface area contributed by atoms with Gasteiger partial charge in [-0.15, -0.1) is 0 Å². The number of aromatic nitrogens is 1. The minimum absolute atomic E-state index is 0.311. The van der Waals surface area contributed by atoms with Crippen LogP contribution in [-0.4, -0.2) is 11.0 Å². The van der Waals surface area contributed by atoms with Gasteiger partial charge < -0.3 is 15.4 Å². The summed E-state index contributed by atoms with van der Waals surface area (Å²) < 4.78 is 5.64. The van der Waals surface area contributed by atoms with Crippen LogP contribution in [0.15, 0.2) is 66.9 Å². The molecule has 0 aliphatic rings. The average molecular weight is 368 g/mol. The molecule has 3 aromatic rings. The maximum absolute atomic E-state index is 12.0. The smallest absolute Gasteiger partial charge is 0.319 e. The van der Waals surface area contributed by atoms with Crippen molar-refractivity contribution in [3.05, 3.63) is 83.0 Å². The summed E-state index contributed by atoms with van der Waals surface area (Å²) in [6.07, 6.45) is 1.67. The number of carbonyl (C=O) groups excluding carboxylic acids is 1. The van der Waals surface area contributed by atoms with E-state index in [1.54, 1.807) is 24.4 Å². The number of urea groups is 1. The molecular weight excluding hydrogens is 350 g/mol. The van der Waals surface area contributed by atoms with E-state index in [1.165, 1.54) is 0 Å². The van der Waals surface area contributed by atoms with E-state index in [9.17, 15) is 4.79 Å². The highest BCUT2D eigenvalue weighted by Gasteiger charge is 2.04. The Kier molecular flexibility index (Phi) is 5.71. The Bertz CT molecular complexity index is 883. The normalized spacial score (nSPS) is 10.2. The lowest BCUT2D eigenvalue weighted by Crippen LogP contribution is -2.28. The highest BCUT2D eigenvalue weighted by molar-refractivity contribution is 6.31. The average Bonchev–Trinajstić information content (AvgIpc) is 2.65. The number of nitrogens with one attached hydrogen (secondary N) is 2. The molecule has 0 radical (unpaired) electrons. The summed E-state index contributed by atoms with van der Waals surface area (Å²) in [5, 5.41) is 6.13. The number of pyridine rings is 1. The first kappa shape index (κ1) is 17.8. The third-order valence-electron chi connectivity index (χ3n) is 3.65. The van der Waals surface area contributed by atoms with E-state index >= 15 is 0 Å². The number of para-hydroxylation sites is 1. The minimum atomic E-state index is -0.311. The Balaban J connectivity index is 1.51. The second-order valence-electron chi connectivity index (χ2n) is 5.69. The number of anilines is 1. The fourth-order valence-corrected chi connectivity index (χ4v) is 2.39. The van der Waals surface area contributed by atoms with Crippen molar-refractivity contribution in [1.82, 2.24) is 10.3 Å². The van der Waals surface area contributed by atoms with Gasteiger partial charge in [-0.25, -0.2) is 9.78 Å². The molecule has 2 N–H and O–H groups in total. The van der Waals surface area contributed by atoms with Gasteiger partial charge in [-0.3, -0.25) is 0 Å². The van der Waals surface area contributed by atoms with Crippen LogP contribution in [0.25, 0.3) is 0 Å². The van der Waals surface area contributed by atoms with E-state index in [2.05, 4.69) is 15.6 Å². The van der Waals surface area contributed by atoms with Gasteiger partial charge in [0.15, 0.2) is 0 Å². The number of halogens is 1. The molecule has 1 heterocycles. The number of amides is 2. The van der Waals surface area contributed by atoms with Crippen LogP contribution in [0.2, 0.25) is 5.02 Å². The van der Waals surface area contributed by atoms with Gasteiger partial charge in [0.05, 0.1) is 0 Å². The molecule has 0 spiro atoms. The van der Waals surface area contributed by atoms with E-state index < -0.39 is 0 Å². The number of carbonyl (C=O) groups is 1. The van der Waals surface area contributed by atoms with E-state index in [0.717, 1.165) is 16.9 Å². The summed E-state index contributed by atoms with van der Waals surface area (Å²) in [4.78, 5) is 16.2. The molecule has 26 heavy (non-hydrogen) atoms. The Labute approximate surface area is 157 Å². The van der Waals surface area contributed by atoms with E-state index in [4.69, 9.17) is 16.3 Å². The van der Waals surface area contributed by atoms with Gasteiger partial charge in [-0.2, -0.15) is 0 Å². The molecule has 0 aliphatic carbocycles. The summed E-state index contributed by atoms with van der Waals surface area (Å²) in [5.41, 5.74) is 2.46. The number of aryl methyl sites for hydroxylation is 1. The fourth-order valence-electron chi connectivity index (χ4n) is 2.21. The second-order valence-corrected chi connectivity index (χ2v) is 6.10. The Morgan fingerprint density at radius 2 is 1.92 bits per heavy atom. The fraction of sp³-hybridized carbons (Fsp3) is 0.100. The molecule has 0 bridgehead atoms. The largest absolute Gasteiger partial charge is 0.439 e. The lowest BCUT2D eigenvalue weighted by molar-refractivity contribution is 0.251. The number of benzene rings is 2. The maximum Gasteiger partial charge on any atom is 0.319 e. The zero-order chi connectivity index (χ0) is 18.4. The molecule has 1 aromatic heterocycles. The molecule has 2 aromatic carbocycles. The van der Waals surface area contributed by atoms with E-state index in [1.807, 2.05) is 49.4 Å². The summed E-state index contributed by atoms with van der Waals surface area (Å²) in [5.74, 6) is 1.22. The molecule has 0 atom stereocenters. The Morgan fingerprint density at radius 1 is 1.12 bits per heavy atom. The number of nitrogens with zero attached hydrogens (tertiary/aromatic N) is 1. The van der Waals surface area contributed by atoms with Crippen LogP contribution in [-0.2, 0) is 6.54 Å². The molecule has 5 nitrogen and oxygen atoms in total. The maximum atomic E-state index is 12.0. The first-order valence-corrected chi connectivity index (χ1v) is 8.47. The first-order valence-electron chi connectivity index (χ1n) is 8.09. The van der Waals surface area contributed by atoms with Gasteiger partial charge in [0.2, 0.25) is 5.88 Å². The molecule has 2 amide bonds. The lowest BCUT2D eigenvalue weighted by atomic mass is 10.2. The number of ether oxygens (including phenoxy) is 1. The quantitative estimate of drug-likeness (QED) is 0.654.